The zero-order valence-corrected chi connectivity index (χ0v) is 28.3. The van der Waals surface area contributed by atoms with Gasteiger partial charge in [-0.25, -0.2) is 0 Å². The third kappa shape index (κ3) is 12.7. The van der Waals surface area contributed by atoms with Crippen LogP contribution in [0.3, 0.4) is 0 Å². The fourth-order valence-electron chi connectivity index (χ4n) is 4.85. The number of ether oxygens (including phenoxy) is 12. The number of ketones is 1. The van der Waals surface area contributed by atoms with Crippen molar-refractivity contribution in [2.45, 2.75) is 0 Å². The second kappa shape index (κ2) is 21.9. The Hall–Kier alpha value is -4.11. The van der Waals surface area contributed by atoms with Crippen LogP contribution in [0.15, 0.2) is 60.7 Å². The largest absolute Gasteiger partial charge is 0.487 e. The monoisotopic (exact) mass is 698 g/mol. The highest BCUT2D eigenvalue weighted by Crippen LogP contribution is 2.33. The van der Waals surface area contributed by atoms with E-state index in [4.69, 9.17) is 56.8 Å². The molecule has 0 atom stereocenters. The zero-order chi connectivity index (χ0) is 34.5. The van der Waals surface area contributed by atoms with Gasteiger partial charge in [0.2, 0.25) is 0 Å². The molecule has 0 unspecified atom stereocenters. The van der Waals surface area contributed by atoms with Crippen LogP contribution in [0.25, 0.3) is 0 Å². The van der Waals surface area contributed by atoms with Crippen LogP contribution in [0, 0.1) is 0 Å². The molecule has 272 valence electrons. The SMILES string of the molecule is O=C(c1ccc2c(c1)OCCOCCOCCOc1ccccc1OCCOCCOCCO2)c1ccc2c(c1)OCCOCCOCCO2. The van der Waals surface area contributed by atoms with E-state index in [0.717, 1.165) is 0 Å². The van der Waals surface area contributed by atoms with E-state index in [0.29, 0.717) is 151 Å². The fourth-order valence-corrected chi connectivity index (χ4v) is 4.85. The molecule has 5 rings (SSSR count). The van der Waals surface area contributed by atoms with Gasteiger partial charge in [0, 0.05) is 11.1 Å². The van der Waals surface area contributed by atoms with Crippen LogP contribution in [0.1, 0.15) is 15.9 Å². The van der Waals surface area contributed by atoms with E-state index in [2.05, 4.69) is 0 Å². The molecule has 2 aliphatic rings. The summed E-state index contributed by atoms with van der Waals surface area (Å²) < 4.78 is 69.1. The lowest BCUT2D eigenvalue weighted by Crippen LogP contribution is -2.16. The van der Waals surface area contributed by atoms with E-state index in [1.54, 1.807) is 36.4 Å². The molecule has 3 aromatic rings. The minimum atomic E-state index is -0.215. The molecule has 0 aliphatic carbocycles. The molecule has 0 radical (unpaired) electrons. The number of hydrogen-bond acceptors (Lipinski definition) is 13. The van der Waals surface area contributed by atoms with Crippen LogP contribution in [-0.2, 0) is 28.4 Å². The van der Waals surface area contributed by atoms with Crippen molar-refractivity contribution in [2.75, 3.05) is 119 Å². The average Bonchev–Trinajstić information content (AvgIpc) is 3.13. The summed E-state index contributed by atoms with van der Waals surface area (Å²) in [4.78, 5) is 13.7. The van der Waals surface area contributed by atoms with E-state index in [-0.39, 0.29) is 19.0 Å². The third-order valence-electron chi connectivity index (χ3n) is 7.29. The predicted octanol–water partition coefficient (Wildman–Crippen LogP) is 4.02. The van der Waals surface area contributed by atoms with E-state index >= 15 is 0 Å². The lowest BCUT2D eigenvalue weighted by atomic mass is 10.0. The molecule has 13 heteroatoms. The van der Waals surface area contributed by atoms with E-state index in [1.165, 1.54) is 0 Å². The minimum absolute atomic E-state index is 0.215. The van der Waals surface area contributed by atoms with Gasteiger partial charge in [-0.05, 0) is 48.5 Å². The van der Waals surface area contributed by atoms with Gasteiger partial charge < -0.3 is 56.8 Å². The number of carbonyl (C=O) groups is 1. The van der Waals surface area contributed by atoms with Gasteiger partial charge in [-0.3, -0.25) is 4.79 Å². The summed E-state index contributed by atoms with van der Waals surface area (Å²) in [6.45, 7) is 6.70. The number of para-hydroxylation sites is 2. The molecule has 0 spiro atoms. The molecule has 0 aromatic heterocycles. The van der Waals surface area contributed by atoms with Gasteiger partial charge in [0.25, 0.3) is 0 Å². The standard InChI is InChI=1S/C37H46O13/c38-37(30-6-8-34-36(28-30)50-26-20-44-14-12-42-18-24-48-34)29-5-7-33-35(27-29)49-25-19-43-13-11-40-16-22-46-32-4-2-1-3-31(32)45-21-15-39-9-10-41-17-23-47-33/h1-8,27-28H,9-26H2. The summed E-state index contributed by atoms with van der Waals surface area (Å²) in [5.41, 5.74) is 0.852. The van der Waals surface area contributed by atoms with Gasteiger partial charge in [0.05, 0.1) is 79.3 Å². The van der Waals surface area contributed by atoms with Crippen LogP contribution in [-0.4, -0.2) is 125 Å². The molecule has 0 fully saturated rings. The van der Waals surface area contributed by atoms with Crippen LogP contribution in [0.2, 0.25) is 0 Å². The summed E-state index contributed by atoms with van der Waals surface area (Å²) in [5.74, 6) is 2.95. The maximum absolute atomic E-state index is 13.7. The Balaban J connectivity index is 1.19. The topological polar surface area (TPSA) is 128 Å². The molecule has 3 aromatic carbocycles. The van der Waals surface area contributed by atoms with Gasteiger partial charge in [0.15, 0.2) is 40.3 Å². The Kier molecular flexibility index (Phi) is 16.2. The Morgan fingerprint density at radius 2 is 0.580 bits per heavy atom. The Morgan fingerprint density at radius 3 is 0.900 bits per heavy atom. The second-order valence-corrected chi connectivity index (χ2v) is 10.9. The summed E-state index contributed by atoms with van der Waals surface area (Å²) in [5, 5.41) is 0. The molecule has 50 heavy (non-hydrogen) atoms. The maximum Gasteiger partial charge on any atom is 0.193 e. The van der Waals surface area contributed by atoms with Crippen molar-refractivity contribution in [3.05, 3.63) is 71.8 Å². The number of hydrogen-bond donors (Lipinski definition) is 0. The fraction of sp³-hybridized carbons (Fsp3) is 0.486. The summed E-state index contributed by atoms with van der Waals surface area (Å²) >= 11 is 0. The Bertz CT molecular complexity index is 1430. The first-order valence-electron chi connectivity index (χ1n) is 16.9. The van der Waals surface area contributed by atoms with Crippen LogP contribution < -0.4 is 28.4 Å². The molecule has 13 nitrogen and oxygen atoms in total. The van der Waals surface area contributed by atoms with Gasteiger partial charge in [-0.15, -0.1) is 0 Å². The quantitative estimate of drug-likeness (QED) is 0.358. The molecule has 0 saturated heterocycles. The molecule has 0 N–H and O–H groups in total. The number of benzene rings is 3. The molecule has 2 heterocycles. The molecule has 0 saturated carbocycles. The first-order valence-corrected chi connectivity index (χ1v) is 16.9. The minimum Gasteiger partial charge on any atom is -0.487 e. The lowest BCUT2D eigenvalue weighted by molar-refractivity contribution is 0.0223. The van der Waals surface area contributed by atoms with Crippen LogP contribution >= 0.6 is 0 Å². The Labute approximate surface area is 292 Å². The normalized spacial score (nSPS) is 18.3. The first-order chi connectivity index (χ1) is 24.8. The van der Waals surface area contributed by atoms with Crippen molar-refractivity contribution in [2.24, 2.45) is 0 Å². The van der Waals surface area contributed by atoms with E-state index in [1.807, 2.05) is 24.3 Å². The molecule has 0 bridgehead atoms. The van der Waals surface area contributed by atoms with Crippen molar-refractivity contribution in [1.82, 2.24) is 0 Å². The number of rotatable bonds is 2. The van der Waals surface area contributed by atoms with E-state index < -0.39 is 0 Å². The second-order valence-electron chi connectivity index (χ2n) is 10.9. The number of carbonyl (C=O) groups excluding carboxylic acids is 1. The van der Waals surface area contributed by atoms with Crippen LogP contribution in [0.4, 0.5) is 0 Å². The predicted molar refractivity (Wildman–Crippen MR) is 181 cm³/mol. The van der Waals surface area contributed by atoms with Crippen molar-refractivity contribution in [1.29, 1.82) is 0 Å². The summed E-state index contributed by atoms with van der Waals surface area (Å²) in [7, 11) is 0. The van der Waals surface area contributed by atoms with Gasteiger partial charge in [-0.1, -0.05) is 12.1 Å². The van der Waals surface area contributed by atoms with Crippen LogP contribution in [0.5, 0.6) is 34.5 Å². The molecule has 0 amide bonds. The maximum atomic E-state index is 13.7. The molecular formula is C37H46O13. The third-order valence-corrected chi connectivity index (χ3v) is 7.29. The number of fused-ring (bicyclic) bond motifs is 3. The summed E-state index contributed by atoms with van der Waals surface area (Å²) in [6.07, 6.45) is 0. The van der Waals surface area contributed by atoms with Gasteiger partial charge in [-0.2, -0.15) is 0 Å². The van der Waals surface area contributed by atoms with E-state index in [9.17, 15) is 4.79 Å². The smallest absolute Gasteiger partial charge is 0.193 e. The van der Waals surface area contributed by atoms with Gasteiger partial charge in [0.1, 0.15) is 39.6 Å². The van der Waals surface area contributed by atoms with Gasteiger partial charge >= 0.3 is 0 Å². The molecule has 2 aliphatic heterocycles. The summed E-state index contributed by atoms with van der Waals surface area (Å²) in [6, 6.07) is 17.7. The van der Waals surface area contributed by atoms with Crippen molar-refractivity contribution in [3.63, 3.8) is 0 Å². The highest BCUT2D eigenvalue weighted by Gasteiger charge is 2.17. The van der Waals surface area contributed by atoms with Crippen molar-refractivity contribution >= 4 is 5.78 Å². The lowest BCUT2D eigenvalue weighted by Gasteiger charge is -2.16. The Morgan fingerprint density at radius 1 is 0.320 bits per heavy atom. The zero-order valence-electron chi connectivity index (χ0n) is 28.3. The van der Waals surface area contributed by atoms with Crippen molar-refractivity contribution < 1.29 is 61.6 Å². The average molecular weight is 699 g/mol. The van der Waals surface area contributed by atoms with Crippen molar-refractivity contribution in [3.8, 4) is 34.5 Å². The highest BCUT2D eigenvalue weighted by molar-refractivity contribution is 6.09. The molecular weight excluding hydrogens is 652 g/mol. The highest BCUT2D eigenvalue weighted by atomic mass is 16.6. The first kappa shape index (κ1) is 37.2.